The van der Waals surface area contributed by atoms with Gasteiger partial charge in [-0.15, -0.1) is 0 Å². The predicted octanol–water partition coefficient (Wildman–Crippen LogP) is 4.39. The minimum Gasteiger partial charge on any atom is -0.399 e. The fourth-order valence-corrected chi connectivity index (χ4v) is 2.47. The van der Waals surface area contributed by atoms with Gasteiger partial charge in [0.1, 0.15) is 0 Å². The summed E-state index contributed by atoms with van der Waals surface area (Å²) in [4.78, 5) is 12.4. The van der Waals surface area contributed by atoms with E-state index >= 15 is 0 Å². The van der Waals surface area contributed by atoms with E-state index < -0.39 is 0 Å². The van der Waals surface area contributed by atoms with Gasteiger partial charge in [0, 0.05) is 21.3 Å². The van der Waals surface area contributed by atoms with Crippen LogP contribution < -0.4 is 5.73 Å². The van der Waals surface area contributed by atoms with Crippen LogP contribution in [0.15, 0.2) is 46.9 Å². The number of halogens is 1. The summed E-state index contributed by atoms with van der Waals surface area (Å²) in [6.45, 7) is 4.26. The van der Waals surface area contributed by atoms with Gasteiger partial charge in [0.2, 0.25) is 0 Å². The smallest absolute Gasteiger partial charge is 0.194 e. The van der Waals surface area contributed by atoms with Crippen molar-refractivity contribution in [2.45, 2.75) is 19.8 Å². The van der Waals surface area contributed by atoms with Crippen molar-refractivity contribution in [3.05, 3.63) is 63.6 Å². The standard InChI is InChI=1S/C16H16BrNO/c1-10(2)11-3-5-12(6-4-11)16(19)14-8-7-13(18)9-15(14)17/h3-10H,18H2,1-2H3. The van der Waals surface area contributed by atoms with Gasteiger partial charge < -0.3 is 5.73 Å². The number of carbonyl (C=O) groups is 1. The average Bonchev–Trinajstić information content (AvgIpc) is 2.38. The molecule has 0 amide bonds. The van der Waals surface area contributed by atoms with Gasteiger partial charge in [-0.1, -0.05) is 38.1 Å². The Morgan fingerprint density at radius 1 is 1.11 bits per heavy atom. The van der Waals surface area contributed by atoms with E-state index in [1.165, 1.54) is 5.56 Å². The molecule has 2 aromatic carbocycles. The molecule has 3 heteroatoms. The summed E-state index contributed by atoms with van der Waals surface area (Å²) in [6, 6.07) is 13.0. The fraction of sp³-hybridized carbons (Fsp3) is 0.188. The largest absolute Gasteiger partial charge is 0.399 e. The quantitative estimate of drug-likeness (QED) is 0.674. The highest BCUT2D eigenvalue weighted by Crippen LogP contribution is 2.23. The molecule has 0 radical (unpaired) electrons. The fourth-order valence-electron chi connectivity index (χ4n) is 1.89. The number of anilines is 1. The van der Waals surface area contributed by atoms with Crippen molar-refractivity contribution in [3.8, 4) is 0 Å². The molecule has 0 aliphatic carbocycles. The van der Waals surface area contributed by atoms with Crippen LogP contribution in [0.25, 0.3) is 0 Å². The number of rotatable bonds is 3. The molecule has 0 saturated heterocycles. The Kier molecular flexibility index (Phi) is 4.05. The van der Waals surface area contributed by atoms with Crippen LogP contribution >= 0.6 is 15.9 Å². The molecule has 0 aromatic heterocycles. The molecule has 2 aromatic rings. The second kappa shape index (κ2) is 5.57. The maximum atomic E-state index is 12.4. The summed E-state index contributed by atoms with van der Waals surface area (Å²) < 4.78 is 0.727. The lowest BCUT2D eigenvalue weighted by Crippen LogP contribution is -2.03. The molecule has 2 rings (SSSR count). The molecule has 0 spiro atoms. The van der Waals surface area contributed by atoms with Crippen LogP contribution in [-0.2, 0) is 0 Å². The van der Waals surface area contributed by atoms with Crippen molar-refractivity contribution in [3.63, 3.8) is 0 Å². The zero-order valence-corrected chi connectivity index (χ0v) is 12.6. The molecule has 0 bridgehead atoms. The van der Waals surface area contributed by atoms with Crippen molar-refractivity contribution < 1.29 is 4.79 Å². The summed E-state index contributed by atoms with van der Waals surface area (Å²) >= 11 is 3.38. The molecule has 0 unspecified atom stereocenters. The van der Waals surface area contributed by atoms with Crippen molar-refractivity contribution >= 4 is 27.4 Å². The van der Waals surface area contributed by atoms with E-state index in [1.807, 2.05) is 24.3 Å². The number of nitrogens with two attached hydrogens (primary N) is 1. The van der Waals surface area contributed by atoms with E-state index in [0.29, 0.717) is 22.7 Å². The first-order valence-electron chi connectivity index (χ1n) is 6.18. The summed E-state index contributed by atoms with van der Waals surface area (Å²) in [5.41, 5.74) is 8.87. The van der Waals surface area contributed by atoms with Crippen molar-refractivity contribution in [2.24, 2.45) is 0 Å². The first kappa shape index (κ1) is 13.8. The van der Waals surface area contributed by atoms with Gasteiger partial charge in [0.15, 0.2) is 5.78 Å². The summed E-state index contributed by atoms with van der Waals surface area (Å²) in [5.74, 6) is 0.467. The number of carbonyl (C=O) groups excluding carboxylic acids is 1. The summed E-state index contributed by atoms with van der Waals surface area (Å²) in [6.07, 6.45) is 0. The zero-order valence-electron chi connectivity index (χ0n) is 11.0. The molecular weight excluding hydrogens is 302 g/mol. The lowest BCUT2D eigenvalue weighted by atomic mass is 9.98. The lowest BCUT2D eigenvalue weighted by Gasteiger charge is -2.08. The maximum Gasteiger partial charge on any atom is 0.194 e. The topological polar surface area (TPSA) is 43.1 Å². The molecule has 0 aliphatic heterocycles. The van der Waals surface area contributed by atoms with Crippen LogP contribution in [0, 0.1) is 0 Å². The Morgan fingerprint density at radius 2 is 1.74 bits per heavy atom. The summed E-state index contributed by atoms with van der Waals surface area (Å²) in [7, 11) is 0. The van der Waals surface area contributed by atoms with E-state index in [0.717, 1.165) is 4.47 Å². The molecule has 2 N–H and O–H groups in total. The average molecular weight is 318 g/mol. The molecule has 0 aliphatic rings. The monoisotopic (exact) mass is 317 g/mol. The van der Waals surface area contributed by atoms with Gasteiger partial charge in [-0.25, -0.2) is 0 Å². The number of benzene rings is 2. The minimum absolute atomic E-state index is 0.00202. The molecule has 0 fully saturated rings. The van der Waals surface area contributed by atoms with Gasteiger partial charge in [-0.2, -0.15) is 0 Å². The van der Waals surface area contributed by atoms with Gasteiger partial charge in [0.25, 0.3) is 0 Å². The number of nitrogen functional groups attached to an aromatic ring is 1. The van der Waals surface area contributed by atoms with Crippen LogP contribution in [-0.4, -0.2) is 5.78 Å². The van der Waals surface area contributed by atoms with Crippen LogP contribution in [0.2, 0.25) is 0 Å². The van der Waals surface area contributed by atoms with Crippen LogP contribution in [0.3, 0.4) is 0 Å². The number of hydrogen-bond acceptors (Lipinski definition) is 2. The maximum absolute atomic E-state index is 12.4. The van der Waals surface area contributed by atoms with Gasteiger partial charge in [-0.3, -0.25) is 4.79 Å². The second-order valence-corrected chi connectivity index (χ2v) is 5.70. The summed E-state index contributed by atoms with van der Waals surface area (Å²) in [5, 5.41) is 0. The molecule has 0 atom stereocenters. The Bertz CT molecular complexity index is 603. The van der Waals surface area contributed by atoms with E-state index in [2.05, 4.69) is 29.8 Å². The second-order valence-electron chi connectivity index (χ2n) is 4.85. The van der Waals surface area contributed by atoms with Crippen LogP contribution in [0.1, 0.15) is 41.3 Å². The van der Waals surface area contributed by atoms with E-state index in [1.54, 1.807) is 18.2 Å². The van der Waals surface area contributed by atoms with E-state index in [-0.39, 0.29) is 5.78 Å². The number of hydrogen-bond donors (Lipinski definition) is 1. The molecule has 19 heavy (non-hydrogen) atoms. The minimum atomic E-state index is 0.00202. The zero-order chi connectivity index (χ0) is 14.0. The van der Waals surface area contributed by atoms with Crippen molar-refractivity contribution in [1.29, 1.82) is 0 Å². The molecule has 2 nitrogen and oxygen atoms in total. The van der Waals surface area contributed by atoms with E-state index in [4.69, 9.17) is 5.73 Å². The van der Waals surface area contributed by atoms with Crippen molar-refractivity contribution in [1.82, 2.24) is 0 Å². The Hall–Kier alpha value is -1.61. The third kappa shape index (κ3) is 3.04. The van der Waals surface area contributed by atoms with Gasteiger partial charge in [-0.05, 0) is 45.6 Å². The normalized spacial score (nSPS) is 10.7. The third-order valence-electron chi connectivity index (χ3n) is 3.08. The first-order valence-corrected chi connectivity index (χ1v) is 6.98. The third-order valence-corrected chi connectivity index (χ3v) is 3.73. The molecule has 0 saturated carbocycles. The molecule has 0 heterocycles. The highest BCUT2D eigenvalue weighted by molar-refractivity contribution is 9.10. The van der Waals surface area contributed by atoms with Gasteiger partial charge >= 0.3 is 0 Å². The Balaban J connectivity index is 2.33. The molecule has 98 valence electrons. The van der Waals surface area contributed by atoms with Crippen molar-refractivity contribution in [2.75, 3.05) is 5.73 Å². The first-order chi connectivity index (χ1) is 8.99. The Morgan fingerprint density at radius 3 is 2.26 bits per heavy atom. The van der Waals surface area contributed by atoms with E-state index in [9.17, 15) is 4.79 Å². The van der Waals surface area contributed by atoms with Gasteiger partial charge in [0.05, 0.1) is 0 Å². The SMILES string of the molecule is CC(C)c1ccc(C(=O)c2ccc(N)cc2Br)cc1. The van der Waals surface area contributed by atoms with Crippen LogP contribution in [0.5, 0.6) is 0 Å². The molecular formula is C16H16BrNO. The highest BCUT2D eigenvalue weighted by Gasteiger charge is 2.12. The van der Waals surface area contributed by atoms with Crippen LogP contribution in [0.4, 0.5) is 5.69 Å². The Labute approximate surface area is 121 Å². The lowest BCUT2D eigenvalue weighted by molar-refractivity contribution is 0.103. The highest BCUT2D eigenvalue weighted by atomic mass is 79.9. The predicted molar refractivity (Wildman–Crippen MR) is 82.5 cm³/mol. The number of ketones is 1.